The first kappa shape index (κ1) is 25.4. The molecule has 2 aromatic rings. The summed E-state index contributed by atoms with van der Waals surface area (Å²) in [6, 6.07) is 10.7. The van der Waals surface area contributed by atoms with Crippen molar-refractivity contribution in [3.8, 4) is 0 Å². The van der Waals surface area contributed by atoms with E-state index in [4.69, 9.17) is 0 Å². The van der Waals surface area contributed by atoms with Crippen LogP contribution in [0.25, 0.3) is 0 Å². The third-order valence-corrected chi connectivity index (χ3v) is 7.37. The molecule has 0 unspecified atom stereocenters. The SMILES string of the molecule is CC(C)NC(=O)[C@@H](C)N(Cc1ccc(F)cc1)C(=O)CCCN1C(=O)c2ccccc2S1(=O)=O. The van der Waals surface area contributed by atoms with Crippen molar-refractivity contribution in [3.63, 3.8) is 0 Å². The first-order valence-corrected chi connectivity index (χ1v) is 12.5. The van der Waals surface area contributed by atoms with Gasteiger partial charge in [-0.15, -0.1) is 0 Å². The molecule has 0 fully saturated rings. The Morgan fingerprint density at radius 2 is 1.71 bits per heavy atom. The van der Waals surface area contributed by atoms with Gasteiger partial charge in [0, 0.05) is 25.6 Å². The van der Waals surface area contributed by atoms with Crippen molar-refractivity contribution in [1.29, 1.82) is 0 Å². The Bertz CT molecular complexity index is 1180. The molecule has 3 amide bonds. The molecular weight excluding hydrogens is 461 g/mol. The van der Waals surface area contributed by atoms with E-state index in [0.717, 1.165) is 4.31 Å². The third-order valence-electron chi connectivity index (χ3n) is 5.53. The van der Waals surface area contributed by atoms with Crippen molar-refractivity contribution in [2.45, 2.75) is 57.1 Å². The van der Waals surface area contributed by atoms with Crippen LogP contribution in [0.2, 0.25) is 0 Å². The number of nitrogens with one attached hydrogen (secondary N) is 1. The van der Waals surface area contributed by atoms with Crippen molar-refractivity contribution in [1.82, 2.24) is 14.5 Å². The van der Waals surface area contributed by atoms with E-state index < -0.39 is 27.8 Å². The molecule has 0 aliphatic carbocycles. The second-order valence-electron chi connectivity index (χ2n) is 8.47. The highest BCUT2D eigenvalue weighted by Crippen LogP contribution is 2.30. The minimum Gasteiger partial charge on any atom is -0.352 e. The Kier molecular flexibility index (Phi) is 7.71. The number of halogens is 1. The van der Waals surface area contributed by atoms with Gasteiger partial charge in [0.15, 0.2) is 0 Å². The minimum absolute atomic E-state index is 0.0387. The summed E-state index contributed by atoms with van der Waals surface area (Å²) in [5, 5.41) is 2.78. The standard InChI is InChI=1S/C24H28FN3O5S/c1-16(2)26-23(30)17(3)27(15-18-10-12-19(25)13-11-18)22(29)9-6-14-28-24(31)20-7-4-5-8-21(20)34(28,32)33/h4-5,7-8,10-13,16-17H,6,9,14-15H2,1-3H3,(H,26,30)/t17-/m1/s1. The van der Waals surface area contributed by atoms with E-state index in [1.54, 1.807) is 19.1 Å². The number of sulfonamides is 1. The average Bonchev–Trinajstić information content (AvgIpc) is 2.98. The van der Waals surface area contributed by atoms with Crippen LogP contribution in [0.5, 0.6) is 0 Å². The number of benzene rings is 2. The lowest BCUT2D eigenvalue weighted by Crippen LogP contribution is -2.49. The van der Waals surface area contributed by atoms with Gasteiger partial charge in [-0.25, -0.2) is 17.1 Å². The molecular formula is C24H28FN3O5S. The highest BCUT2D eigenvalue weighted by Gasteiger charge is 2.40. The van der Waals surface area contributed by atoms with Gasteiger partial charge in [0.25, 0.3) is 15.9 Å². The van der Waals surface area contributed by atoms with Crippen LogP contribution in [0.15, 0.2) is 53.4 Å². The molecule has 0 saturated carbocycles. The zero-order valence-corrected chi connectivity index (χ0v) is 20.1. The monoisotopic (exact) mass is 489 g/mol. The predicted molar refractivity (Wildman–Crippen MR) is 124 cm³/mol. The van der Waals surface area contributed by atoms with Gasteiger partial charge in [-0.3, -0.25) is 14.4 Å². The fourth-order valence-corrected chi connectivity index (χ4v) is 5.35. The Hall–Kier alpha value is -3.27. The van der Waals surface area contributed by atoms with Crippen LogP contribution in [0.3, 0.4) is 0 Å². The van der Waals surface area contributed by atoms with Gasteiger partial charge in [-0.1, -0.05) is 24.3 Å². The molecule has 0 saturated heterocycles. The molecule has 1 heterocycles. The number of amides is 3. The molecule has 8 nitrogen and oxygen atoms in total. The lowest BCUT2D eigenvalue weighted by molar-refractivity contribution is -0.140. The Balaban J connectivity index is 1.70. The number of rotatable bonds is 9. The molecule has 0 radical (unpaired) electrons. The molecule has 1 N–H and O–H groups in total. The van der Waals surface area contributed by atoms with Crippen molar-refractivity contribution >= 4 is 27.7 Å². The summed E-state index contributed by atoms with van der Waals surface area (Å²) >= 11 is 0. The molecule has 0 spiro atoms. The number of carbonyl (C=O) groups is 3. The summed E-state index contributed by atoms with van der Waals surface area (Å²) < 4.78 is 39.5. The zero-order chi connectivity index (χ0) is 25.0. The van der Waals surface area contributed by atoms with E-state index in [1.165, 1.54) is 41.3 Å². The van der Waals surface area contributed by atoms with Crippen LogP contribution in [0, 0.1) is 5.82 Å². The molecule has 2 aromatic carbocycles. The molecule has 3 rings (SSSR count). The molecule has 1 atom stereocenters. The van der Waals surface area contributed by atoms with Gasteiger partial charge in [0.05, 0.1) is 5.56 Å². The summed E-state index contributed by atoms with van der Waals surface area (Å²) in [7, 11) is -3.95. The fourth-order valence-electron chi connectivity index (χ4n) is 3.74. The van der Waals surface area contributed by atoms with Crippen molar-refractivity contribution in [2.24, 2.45) is 0 Å². The van der Waals surface area contributed by atoms with Gasteiger partial charge in [0.1, 0.15) is 16.8 Å². The van der Waals surface area contributed by atoms with Crippen LogP contribution in [-0.2, 0) is 26.2 Å². The van der Waals surface area contributed by atoms with Gasteiger partial charge in [0.2, 0.25) is 11.8 Å². The van der Waals surface area contributed by atoms with Gasteiger partial charge in [-0.05, 0) is 57.0 Å². The van der Waals surface area contributed by atoms with E-state index in [9.17, 15) is 27.2 Å². The first-order chi connectivity index (χ1) is 16.0. The Labute approximate surface area is 198 Å². The van der Waals surface area contributed by atoms with Crippen molar-refractivity contribution in [3.05, 3.63) is 65.5 Å². The van der Waals surface area contributed by atoms with Crippen LogP contribution in [0.4, 0.5) is 4.39 Å². The second kappa shape index (κ2) is 10.3. The lowest BCUT2D eigenvalue weighted by atomic mass is 10.1. The van der Waals surface area contributed by atoms with Gasteiger partial charge >= 0.3 is 0 Å². The fraction of sp³-hybridized carbons (Fsp3) is 0.375. The number of hydrogen-bond acceptors (Lipinski definition) is 5. The smallest absolute Gasteiger partial charge is 0.269 e. The van der Waals surface area contributed by atoms with Crippen molar-refractivity contribution in [2.75, 3.05) is 6.54 Å². The zero-order valence-electron chi connectivity index (χ0n) is 19.3. The summed E-state index contributed by atoms with van der Waals surface area (Å²) in [5.41, 5.74) is 0.762. The quantitative estimate of drug-likeness (QED) is 0.583. The van der Waals surface area contributed by atoms with Crippen molar-refractivity contribution < 1.29 is 27.2 Å². The summed E-state index contributed by atoms with van der Waals surface area (Å²) in [6.07, 6.45) is 0.0202. The first-order valence-electron chi connectivity index (χ1n) is 11.0. The van der Waals surface area contributed by atoms with E-state index in [-0.39, 0.29) is 54.2 Å². The molecule has 1 aliphatic heterocycles. The number of hydrogen-bond donors (Lipinski definition) is 1. The summed E-state index contributed by atoms with van der Waals surface area (Å²) in [4.78, 5) is 39.6. The maximum Gasteiger partial charge on any atom is 0.269 e. The molecule has 10 heteroatoms. The minimum atomic E-state index is -3.95. The largest absolute Gasteiger partial charge is 0.352 e. The molecule has 0 bridgehead atoms. The Morgan fingerprint density at radius 1 is 1.06 bits per heavy atom. The topological polar surface area (TPSA) is 104 Å². The molecule has 182 valence electrons. The second-order valence-corrected chi connectivity index (χ2v) is 10.3. The normalized spacial score (nSPS) is 15.2. The Morgan fingerprint density at radius 3 is 2.32 bits per heavy atom. The van der Waals surface area contributed by atoms with Crippen LogP contribution in [0.1, 0.15) is 49.5 Å². The highest BCUT2D eigenvalue weighted by atomic mass is 32.2. The number of nitrogens with zero attached hydrogens (tertiary/aromatic N) is 2. The lowest BCUT2D eigenvalue weighted by Gasteiger charge is -2.29. The average molecular weight is 490 g/mol. The maximum atomic E-state index is 13.3. The number of fused-ring (bicyclic) bond motifs is 1. The van der Waals surface area contributed by atoms with Gasteiger partial charge < -0.3 is 10.2 Å². The predicted octanol–water partition coefficient (Wildman–Crippen LogP) is 2.69. The highest BCUT2D eigenvalue weighted by molar-refractivity contribution is 7.90. The molecule has 34 heavy (non-hydrogen) atoms. The summed E-state index contributed by atoms with van der Waals surface area (Å²) in [6.45, 7) is 5.14. The number of carbonyl (C=O) groups excluding carboxylic acids is 3. The van der Waals surface area contributed by atoms with E-state index in [2.05, 4.69) is 5.32 Å². The van der Waals surface area contributed by atoms with Crippen LogP contribution < -0.4 is 5.32 Å². The molecule has 0 aromatic heterocycles. The third kappa shape index (κ3) is 5.44. The molecule has 1 aliphatic rings. The van der Waals surface area contributed by atoms with Crippen LogP contribution in [-0.4, -0.2) is 54.0 Å². The van der Waals surface area contributed by atoms with E-state index in [0.29, 0.717) is 5.56 Å². The van der Waals surface area contributed by atoms with Crippen LogP contribution >= 0.6 is 0 Å². The maximum absolute atomic E-state index is 13.3. The summed E-state index contributed by atoms with van der Waals surface area (Å²) in [5.74, 6) is -1.74. The van der Waals surface area contributed by atoms with E-state index >= 15 is 0 Å². The van der Waals surface area contributed by atoms with Gasteiger partial charge in [-0.2, -0.15) is 0 Å². The van der Waals surface area contributed by atoms with E-state index in [1.807, 2.05) is 13.8 Å².